The van der Waals surface area contributed by atoms with Crippen LogP contribution in [0.4, 0.5) is 0 Å². The first-order valence-corrected chi connectivity index (χ1v) is 9.87. The van der Waals surface area contributed by atoms with Crippen LogP contribution in [0.15, 0.2) is 0 Å². The Morgan fingerprint density at radius 2 is 1.74 bits per heavy atom. The molecular formula is C14H26N4O4S. The number of nitrogens with zero attached hydrogens (tertiary/aromatic N) is 3. The first-order chi connectivity index (χ1) is 10.8. The number of hydrogen-bond donors (Lipinski definition) is 1. The third-order valence-electron chi connectivity index (χ3n) is 4.55. The van der Waals surface area contributed by atoms with Crippen LogP contribution in [0.1, 0.15) is 19.3 Å². The van der Waals surface area contributed by atoms with Crippen LogP contribution < -0.4 is 5.73 Å². The summed E-state index contributed by atoms with van der Waals surface area (Å²) in [5.41, 5.74) is 5.37. The predicted molar refractivity (Wildman–Crippen MR) is 86.0 cm³/mol. The molecular weight excluding hydrogens is 320 g/mol. The summed E-state index contributed by atoms with van der Waals surface area (Å²) < 4.78 is 24.7. The number of rotatable bonds is 5. The van der Waals surface area contributed by atoms with Crippen molar-refractivity contribution in [2.75, 3.05) is 52.1 Å². The van der Waals surface area contributed by atoms with E-state index in [1.165, 1.54) is 17.1 Å². The molecule has 0 unspecified atom stereocenters. The first kappa shape index (κ1) is 18.2. The quantitative estimate of drug-likeness (QED) is 0.665. The topological polar surface area (TPSA) is 104 Å². The average Bonchev–Trinajstić information content (AvgIpc) is 2.86. The van der Waals surface area contributed by atoms with Crippen molar-refractivity contribution in [3.63, 3.8) is 0 Å². The molecule has 2 heterocycles. The van der Waals surface area contributed by atoms with Gasteiger partial charge in [0.05, 0.1) is 12.2 Å². The number of sulfonamides is 1. The molecule has 2 aliphatic heterocycles. The van der Waals surface area contributed by atoms with Gasteiger partial charge in [-0.3, -0.25) is 9.59 Å². The lowest BCUT2D eigenvalue weighted by Gasteiger charge is -2.24. The zero-order valence-electron chi connectivity index (χ0n) is 13.6. The highest BCUT2D eigenvalue weighted by Crippen LogP contribution is 2.14. The van der Waals surface area contributed by atoms with E-state index in [-0.39, 0.29) is 25.5 Å². The molecule has 0 saturated carbocycles. The van der Waals surface area contributed by atoms with Crippen molar-refractivity contribution in [1.29, 1.82) is 0 Å². The Hall–Kier alpha value is -1.19. The van der Waals surface area contributed by atoms with Crippen molar-refractivity contribution in [1.82, 2.24) is 14.1 Å². The van der Waals surface area contributed by atoms with Crippen LogP contribution in [0.2, 0.25) is 0 Å². The molecule has 2 N–H and O–H groups in total. The van der Waals surface area contributed by atoms with Crippen molar-refractivity contribution in [2.45, 2.75) is 19.3 Å². The predicted octanol–water partition coefficient (Wildman–Crippen LogP) is -1.32. The molecule has 0 aliphatic carbocycles. The Kier molecular flexibility index (Phi) is 5.99. The minimum absolute atomic E-state index is 0.0431. The fourth-order valence-electron chi connectivity index (χ4n) is 3.11. The normalized spacial score (nSPS) is 24.6. The molecule has 0 aromatic rings. The van der Waals surface area contributed by atoms with E-state index >= 15 is 0 Å². The highest BCUT2D eigenvalue weighted by molar-refractivity contribution is 7.88. The number of carbonyl (C=O) groups excluding carboxylic acids is 2. The second kappa shape index (κ2) is 7.59. The minimum Gasteiger partial charge on any atom is -0.369 e. The third-order valence-corrected chi connectivity index (χ3v) is 5.82. The van der Waals surface area contributed by atoms with Crippen LogP contribution in [-0.4, -0.2) is 86.4 Å². The summed E-state index contributed by atoms with van der Waals surface area (Å²) in [6, 6.07) is 0. The molecule has 2 fully saturated rings. The monoisotopic (exact) mass is 346 g/mol. The van der Waals surface area contributed by atoms with E-state index in [1.54, 1.807) is 4.90 Å². The van der Waals surface area contributed by atoms with Gasteiger partial charge in [0.2, 0.25) is 21.8 Å². The van der Waals surface area contributed by atoms with Gasteiger partial charge in [0, 0.05) is 39.1 Å². The summed E-state index contributed by atoms with van der Waals surface area (Å²) in [6.07, 6.45) is 3.84. The Balaban J connectivity index is 1.97. The largest absolute Gasteiger partial charge is 0.369 e. The lowest BCUT2D eigenvalue weighted by molar-refractivity contribution is -0.132. The second-order valence-electron chi connectivity index (χ2n) is 6.36. The molecule has 0 aromatic heterocycles. The standard InChI is InChI=1S/C14H26N4O4S/c1-23(21,22)18-9-8-17(10-12(11-18)14(15)20)13(19)4-7-16-5-2-3-6-16/h12H,2-11H2,1H3,(H2,15,20)/t12-/m0/s1. The molecule has 0 spiro atoms. The maximum absolute atomic E-state index is 12.4. The highest BCUT2D eigenvalue weighted by Gasteiger charge is 2.32. The van der Waals surface area contributed by atoms with Gasteiger partial charge < -0.3 is 15.5 Å². The summed E-state index contributed by atoms with van der Waals surface area (Å²) in [5, 5.41) is 0. The van der Waals surface area contributed by atoms with Gasteiger partial charge in [0.1, 0.15) is 0 Å². The van der Waals surface area contributed by atoms with Gasteiger partial charge in [0.15, 0.2) is 0 Å². The lowest BCUT2D eigenvalue weighted by Crippen LogP contribution is -2.41. The Bertz CT molecular complexity index is 545. The number of hydrogen-bond acceptors (Lipinski definition) is 5. The summed E-state index contributed by atoms with van der Waals surface area (Å²) in [7, 11) is -3.41. The molecule has 2 aliphatic rings. The van der Waals surface area contributed by atoms with Gasteiger partial charge in [0.25, 0.3) is 0 Å². The fourth-order valence-corrected chi connectivity index (χ4v) is 3.97. The van der Waals surface area contributed by atoms with Gasteiger partial charge in [-0.15, -0.1) is 0 Å². The smallest absolute Gasteiger partial charge is 0.223 e. The van der Waals surface area contributed by atoms with E-state index in [1.807, 2.05) is 0 Å². The van der Waals surface area contributed by atoms with E-state index < -0.39 is 21.8 Å². The number of nitrogens with two attached hydrogens (primary N) is 1. The van der Waals surface area contributed by atoms with Crippen molar-refractivity contribution in [3.8, 4) is 0 Å². The molecule has 9 heteroatoms. The van der Waals surface area contributed by atoms with Gasteiger partial charge in [-0.25, -0.2) is 8.42 Å². The molecule has 2 rings (SSSR count). The van der Waals surface area contributed by atoms with Crippen molar-refractivity contribution in [2.24, 2.45) is 11.7 Å². The maximum Gasteiger partial charge on any atom is 0.223 e. The Labute approximate surface area is 137 Å². The first-order valence-electron chi connectivity index (χ1n) is 8.02. The Morgan fingerprint density at radius 3 is 2.30 bits per heavy atom. The zero-order valence-corrected chi connectivity index (χ0v) is 14.4. The summed E-state index contributed by atoms with van der Waals surface area (Å²) in [5.74, 6) is -1.28. The number of primary amides is 1. The molecule has 8 nitrogen and oxygen atoms in total. The second-order valence-corrected chi connectivity index (χ2v) is 8.34. The molecule has 0 aromatic carbocycles. The van der Waals surface area contributed by atoms with Crippen molar-refractivity contribution < 1.29 is 18.0 Å². The van der Waals surface area contributed by atoms with Gasteiger partial charge >= 0.3 is 0 Å². The number of carbonyl (C=O) groups is 2. The SMILES string of the molecule is CS(=O)(=O)N1CCN(C(=O)CCN2CCCC2)C[C@H](C(N)=O)C1. The molecule has 0 radical (unpaired) electrons. The molecule has 2 amide bonds. The lowest BCUT2D eigenvalue weighted by atomic mass is 10.1. The molecule has 132 valence electrons. The zero-order chi connectivity index (χ0) is 17.0. The van der Waals surface area contributed by atoms with Gasteiger partial charge in [-0.1, -0.05) is 0 Å². The van der Waals surface area contributed by atoms with Crippen LogP contribution in [0.3, 0.4) is 0 Å². The van der Waals surface area contributed by atoms with Crippen LogP contribution in [0.25, 0.3) is 0 Å². The highest BCUT2D eigenvalue weighted by atomic mass is 32.2. The van der Waals surface area contributed by atoms with Crippen LogP contribution in [0, 0.1) is 5.92 Å². The van der Waals surface area contributed by atoms with Crippen LogP contribution in [0.5, 0.6) is 0 Å². The summed E-state index contributed by atoms with van der Waals surface area (Å²) >= 11 is 0. The summed E-state index contributed by atoms with van der Waals surface area (Å²) in [6.45, 7) is 3.52. The minimum atomic E-state index is -3.41. The molecule has 23 heavy (non-hydrogen) atoms. The number of likely N-dealkylation sites (tertiary alicyclic amines) is 1. The van der Waals surface area contributed by atoms with E-state index in [0.717, 1.165) is 19.3 Å². The van der Waals surface area contributed by atoms with Gasteiger partial charge in [-0.2, -0.15) is 4.31 Å². The van der Waals surface area contributed by atoms with E-state index in [0.29, 0.717) is 19.5 Å². The van der Waals surface area contributed by atoms with E-state index in [9.17, 15) is 18.0 Å². The Morgan fingerprint density at radius 1 is 1.09 bits per heavy atom. The van der Waals surface area contributed by atoms with Crippen molar-refractivity contribution in [3.05, 3.63) is 0 Å². The molecule has 1 atom stereocenters. The molecule has 0 bridgehead atoms. The van der Waals surface area contributed by atoms with Gasteiger partial charge in [-0.05, 0) is 25.9 Å². The molecule has 2 saturated heterocycles. The van der Waals surface area contributed by atoms with E-state index in [4.69, 9.17) is 5.73 Å². The fraction of sp³-hybridized carbons (Fsp3) is 0.857. The summed E-state index contributed by atoms with van der Waals surface area (Å²) in [4.78, 5) is 27.8. The maximum atomic E-state index is 12.4. The number of amides is 2. The van der Waals surface area contributed by atoms with E-state index in [2.05, 4.69) is 4.90 Å². The van der Waals surface area contributed by atoms with Crippen LogP contribution >= 0.6 is 0 Å². The third kappa shape index (κ3) is 5.15. The van der Waals surface area contributed by atoms with Crippen molar-refractivity contribution >= 4 is 21.8 Å². The average molecular weight is 346 g/mol. The van der Waals surface area contributed by atoms with Crippen LogP contribution in [-0.2, 0) is 19.6 Å².